The highest BCUT2D eigenvalue weighted by Gasteiger charge is 2.46. The van der Waals surface area contributed by atoms with Crippen molar-refractivity contribution >= 4 is 0 Å². The Morgan fingerprint density at radius 2 is 2.00 bits per heavy atom. The van der Waals surface area contributed by atoms with Gasteiger partial charge in [0.2, 0.25) is 0 Å². The van der Waals surface area contributed by atoms with Crippen molar-refractivity contribution in [1.82, 2.24) is 0 Å². The molecule has 0 bridgehead atoms. The Morgan fingerprint density at radius 3 is 2.50 bits per heavy atom. The zero-order chi connectivity index (χ0) is 7.19. The van der Waals surface area contributed by atoms with Gasteiger partial charge in [0.1, 0.15) is 0 Å². The van der Waals surface area contributed by atoms with Gasteiger partial charge in [0, 0.05) is 6.04 Å². The minimum atomic E-state index is 0.510. The second kappa shape index (κ2) is 1.97. The summed E-state index contributed by atoms with van der Waals surface area (Å²) in [5.41, 5.74) is 6.75. The molecule has 1 nitrogen and oxygen atoms in total. The van der Waals surface area contributed by atoms with Crippen LogP contribution in [0.1, 0.15) is 39.0 Å². The topological polar surface area (TPSA) is 26.0 Å². The third kappa shape index (κ3) is 0.968. The minimum absolute atomic E-state index is 0.510. The fourth-order valence-electron chi connectivity index (χ4n) is 2.18. The highest BCUT2D eigenvalue weighted by molar-refractivity contribution is 4.99. The first-order chi connectivity index (χ1) is 4.72. The molecule has 0 saturated heterocycles. The number of hydrogen-bond acceptors (Lipinski definition) is 1. The van der Waals surface area contributed by atoms with Gasteiger partial charge < -0.3 is 5.73 Å². The Labute approximate surface area is 63.0 Å². The summed E-state index contributed by atoms with van der Waals surface area (Å²) in [6.45, 7) is 2.29. The molecule has 2 atom stereocenters. The second-order valence-electron chi connectivity index (χ2n) is 4.38. The van der Waals surface area contributed by atoms with Gasteiger partial charge in [0.05, 0.1) is 0 Å². The predicted octanol–water partition coefficient (Wildman–Crippen LogP) is 1.91. The summed E-state index contributed by atoms with van der Waals surface area (Å²) in [4.78, 5) is 0. The lowest BCUT2D eigenvalue weighted by Gasteiger charge is -2.31. The molecular weight excluding hydrogens is 122 g/mol. The summed E-state index contributed by atoms with van der Waals surface area (Å²) >= 11 is 0. The number of hydrogen-bond donors (Lipinski definition) is 1. The van der Waals surface area contributed by atoms with Crippen molar-refractivity contribution in [1.29, 1.82) is 0 Å². The van der Waals surface area contributed by atoms with Gasteiger partial charge in [-0.2, -0.15) is 0 Å². The van der Waals surface area contributed by atoms with E-state index in [4.69, 9.17) is 5.73 Å². The van der Waals surface area contributed by atoms with Gasteiger partial charge in [-0.05, 0) is 43.4 Å². The van der Waals surface area contributed by atoms with Crippen LogP contribution in [0, 0.1) is 11.3 Å². The number of nitrogens with two attached hydrogens (primary N) is 1. The van der Waals surface area contributed by atoms with E-state index in [1.54, 1.807) is 0 Å². The van der Waals surface area contributed by atoms with Crippen LogP contribution in [0.3, 0.4) is 0 Å². The van der Waals surface area contributed by atoms with Crippen molar-refractivity contribution in [3.05, 3.63) is 0 Å². The number of rotatable bonds is 0. The Balaban J connectivity index is 1.98. The Kier molecular flexibility index (Phi) is 1.31. The van der Waals surface area contributed by atoms with E-state index in [9.17, 15) is 0 Å². The molecule has 0 aromatic heterocycles. The first-order valence-corrected chi connectivity index (χ1v) is 4.47. The standard InChI is InChI=1S/C9H17N/c1-7-2-3-9(4-5-9)6-8(7)10/h7-8H,2-6,10H2,1H3. The van der Waals surface area contributed by atoms with E-state index in [1.165, 1.54) is 32.1 Å². The third-order valence-corrected chi connectivity index (χ3v) is 3.49. The maximum absolute atomic E-state index is 5.99. The molecule has 2 aliphatic rings. The molecule has 2 unspecified atom stereocenters. The van der Waals surface area contributed by atoms with E-state index in [2.05, 4.69) is 6.92 Å². The van der Waals surface area contributed by atoms with Crippen LogP contribution in [0.15, 0.2) is 0 Å². The van der Waals surface area contributed by atoms with Crippen LogP contribution >= 0.6 is 0 Å². The summed E-state index contributed by atoms with van der Waals surface area (Å²) in [5, 5.41) is 0. The zero-order valence-electron chi connectivity index (χ0n) is 6.77. The molecule has 10 heavy (non-hydrogen) atoms. The molecule has 0 aromatic carbocycles. The van der Waals surface area contributed by atoms with Crippen LogP contribution in [0.4, 0.5) is 0 Å². The summed E-state index contributed by atoms with van der Waals surface area (Å²) < 4.78 is 0. The molecule has 0 aliphatic heterocycles. The largest absolute Gasteiger partial charge is 0.327 e. The van der Waals surface area contributed by atoms with E-state index in [1.807, 2.05) is 0 Å². The first kappa shape index (κ1) is 6.66. The molecule has 2 saturated carbocycles. The van der Waals surface area contributed by atoms with Crippen LogP contribution in [0.5, 0.6) is 0 Å². The molecule has 2 rings (SSSR count). The molecule has 2 aliphatic carbocycles. The molecule has 0 radical (unpaired) electrons. The van der Waals surface area contributed by atoms with Crippen LogP contribution in [0.25, 0.3) is 0 Å². The third-order valence-electron chi connectivity index (χ3n) is 3.49. The highest BCUT2D eigenvalue weighted by Crippen LogP contribution is 2.56. The monoisotopic (exact) mass is 139 g/mol. The molecule has 2 fully saturated rings. The molecule has 58 valence electrons. The first-order valence-electron chi connectivity index (χ1n) is 4.47. The van der Waals surface area contributed by atoms with E-state index >= 15 is 0 Å². The Morgan fingerprint density at radius 1 is 1.30 bits per heavy atom. The van der Waals surface area contributed by atoms with Gasteiger partial charge in [-0.3, -0.25) is 0 Å². The molecule has 2 N–H and O–H groups in total. The molecule has 1 spiro atoms. The summed E-state index contributed by atoms with van der Waals surface area (Å²) in [7, 11) is 0. The lowest BCUT2D eigenvalue weighted by Crippen LogP contribution is -2.35. The van der Waals surface area contributed by atoms with Gasteiger partial charge in [-0.1, -0.05) is 6.92 Å². The van der Waals surface area contributed by atoms with Crippen molar-refractivity contribution in [3.8, 4) is 0 Å². The average molecular weight is 139 g/mol. The molecule has 0 aromatic rings. The van der Waals surface area contributed by atoms with Crippen LogP contribution in [-0.4, -0.2) is 6.04 Å². The van der Waals surface area contributed by atoms with E-state index in [-0.39, 0.29) is 0 Å². The molecule has 1 heteroatoms. The van der Waals surface area contributed by atoms with Crippen LogP contribution in [0.2, 0.25) is 0 Å². The van der Waals surface area contributed by atoms with Gasteiger partial charge in [-0.15, -0.1) is 0 Å². The maximum atomic E-state index is 5.99. The second-order valence-corrected chi connectivity index (χ2v) is 4.38. The summed E-state index contributed by atoms with van der Waals surface area (Å²) in [6.07, 6.45) is 7.08. The zero-order valence-corrected chi connectivity index (χ0v) is 6.77. The van der Waals surface area contributed by atoms with Crippen molar-refractivity contribution < 1.29 is 0 Å². The summed E-state index contributed by atoms with van der Waals surface area (Å²) in [6, 6.07) is 0.510. The van der Waals surface area contributed by atoms with E-state index in [0.717, 1.165) is 11.3 Å². The lowest BCUT2D eigenvalue weighted by atomic mass is 9.77. The van der Waals surface area contributed by atoms with Crippen molar-refractivity contribution in [2.45, 2.75) is 45.1 Å². The molecule has 0 heterocycles. The van der Waals surface area contributed by atoms with Crippen molar-refractivity contribution in [3.63, 3.8) is 0 Å². The van der Waals surface area contributed by atoms with E-state index in [0.29, 0.717) is 6.04 Å². The molecule has 0 amide bonds. The maximum Gasteiger partial charge on any atom is 0.00698 e. The van der Waals surface area contributed by atoms with E-state index < -0.39 is 0 Å². The van der Waals surface area contributed by atoms with Crippen molar-refractivity contribution in [2.75, 3.05) is 0 Å². The van der Waals surface area contributed by atoms with Gasteiger partial charge >= 0.3 is 0 Å². The fourth-order valence-corrected chi connectivity index (χ4v) is 2.18. The lowest BCUT2D eigenvalue weighted by molar-refractivity contribution is 0.235. The smallest absolute Gasteiger partial charge is 0.00698 e. The Hall–Kier alpha value is -0.0400. The molecular formula is C9H17N. The van der Waals surface area contributed by atoms with Crippen LogP contribution in [-0.2, 0) is 0 Å². The SMILES string of the molecule is CC1CCC2(CC2)CC1N. The van der Waals surface area contributed by atoms with Gasteiger partial charge in [0.25, 0.3) is 0 Å². The quantitative estimate of drug-likeness (QED) is 0.545. The summed E-state index contributed by atoms with van der Waals surface area (Å²) in [5.74, 6) is 0.784. The van der Waals surface area contributed by atoms with Gasteiger partial charge in [-0.25, -0.2) is 0 Å². The Bertz CT molecular complexity index is 138. The fraction of sp³-hybridized carbons (Fsp3) is 1.00. The van der Waals surface area contributed by atoms with Crippen molar-refractivity contribution in [2.24, 2.45) is 17.1 Å². The predicted molar refractivity (Wildman–Crippen MR) is 42.7 cm³/mol. The van der Waals surface area contributed by atoms with Gasteiger partial charge in [0.15, 0.2) is 0 Å². The van der Waals surface area contributed by atoms with Crippen LogP contribution < -0.4 is 5.73 Å². The normalized spacial score (nSPS) is 43.8. The highest BCUT2D eigenvalue weighted by atomic mass is 14.7. The minimum Gasteiger partial charge on any atom is -0.327 e. The average Bonchev–Trinajstić information content (AvgIpc) is 2.62.